The van der Waals surface area contributed by atoms with E-state index in [0.717, 1.165) is 5.69 Å². The number of aryl methyl sites for hydroxylation is 1. The van der Waals surface area contributed by atoms with Gasteiger partial charge in [-0.15, -0.1) is 0 Å². The molecule has 1 aromatic carbocycles. The zero-order chi connectivity index (χ0) is 10.6. The van der Waals surface area contributed by atoms with Crippen molar-refractivity contribution in [2.24, 2.45) is 0 Å². The summed E-state index contributed by atoms with van der Waals surface area (Å²) >= 11 is 0. The van der Waals surface area contributed by atoms with Crippen molar-refractivity contribution in [1.82, 2.24) is 0 Å². The predicted octanol–water partition coefficient (Wildman–Crippen LogP) is 0.571. The Hall–Kier alpha value is -1.51. The number of hydrogen-bond donors (Lipinski definition) is 0. The summed E-state index contributed by atoms with van der Waals surface area (Å²) in [5.41, 5.74) is 2.22. The SMILES string of the molecule is Cc1ccc(N(C)CCC(=O)[O-])cc1. The fourth-order valence-corrected chi connectivity index (χ4v) is 1.19. The van der Waals surface area contributed by atoms with Crippen molar-refractivity contribution in [3.8, 4) is 0 Å². The van der Waals surface area contributed by atoms with E-state index < -0.39 is 5.97 Å². The summed E-state index contributed by atoms with van der Waals surface area (Å²) in [5.74, 6) is -1.01. The van der Waals surface area contributed by atoms with Gasteiger partial charge in [0, 0.05) is 31.7 Å². The Morgan fingerprint density at radius 1 is 1.36 bits per heavy atom. The van der Waals surface area contributed by atoms with Crippen molar-refractivity contribution < 1.29 is 9.90 Å². The van der Waals surface area contributed by atoms with Gasteiger partial charge in [0.2, 0.25) is 0 Å². The first kappa shape index (κ1) is 10.6. The minimum absolute atomic E-state index is 0.0599. The van der Waals surface area contributed by atoms with Crippen molar-refractivity contribution in [3.63, 3.8) is 0 Å². The number of carboxylic acids is 1. The molecule has 3 nitrogen and oxygen atoms in total. The molecule has 0 aliphatic carbocycles. The molecule has 0 saturated heterocycles. The van der Waals surface area contributed by atoms with Gasteiger partial charge in [0.15, 0.2) is 0 Å². The fourth-order valence-electron chi connectivity index (χ4n) is 1.19. The summed E-state index contributed by atoms with van der Waals surface area (Å²) in [6, 6.07) is 7.96. The molecule has 0 fully saturated rings. The summed E-state index contributed by atoms with van der Waals surface area (Å²) in [5, 5.41) is 10.3. The second-order valence-electron chi connectivity index (χ2n) is 3.38. The van der Waals surface area contributed by atoms with Crippen LogP contribution in [0.5, 0.6) is 0 Å². The Morgan fingerprint density at radius 3 is 2.43 bits per heavy atom. The Balaban J connectivity index is 2.56. The lowest BCUT2D eigenvalue weighted by Crippen LogP contribution is -2.28. The Kier molecular flexibility index (Phi) is 3.51. The van der Waals surface area contributed by atoms with Crippen LogP contribution in [0, 0.1) is 6.92 Å². The van der Waals surface area contributed by atoms with E-state index in [1.54, 1.807) is 0 Å². The van der Waals surface area contributed by atoms with E-state index in [0.29, 0.717) is 6.54 Å². The Labute approximate surface area is 84.0 Å². The van der Waals surface area contributed by atoms with Crippen LogP contribution in [0.1, 0.15) is 12.0 Å². The first-order valence-electron chi connectivity index (χ1n) is 4.57. The Morgan fingerprint density at radius 2 is 1.93 bits per heavy atom. The minimum Gasteiger partial charge on any atom is -0.550 e. The second-order valence-corrected chi connectivity index (χ2v) is 3.38. The minimum atomic E-state index is -1.01. The number of rotatable bonds is 4. The van der Waals surface area contributed by atoms with Crippen LogP contribution in [0.2, 0.25) is 0 Å². The predicted molar refractivity (Wildman–Crippen MR) is 54.1 cm³/mol. The normalized spacial score (nSPS) is 9.86. The van der Waals surface area contributed by atoms with Crippen molar-refractivity contribution in [2.75, 3.05) is 18.5 Å². The molecule has 0 spiro atoms. The molecule has 0 aliphatic rings. The van der Waals surface area contributed by atoms with Gasteiger partial charge in [-0.3, -0.25) is 0 Å². The lowest BCUT2D eigenvalue weighted by molar-refractivity contribution is -0.305. The van der Waals surface area contributed by atoms with Crippen LogP contribution in [0.4, 0.5) is 5.69 Å². The van der Waals surface area contributed by atoms with Crippen molar-refractivity contribution >= 4 is 11.7 Å². The number of carboxylic acid groups (broad SMARTS) is 1. The number of aliphatic carboxylic acids is 1. The van der Waals surface area contributed by atoms with Gasteiger partial charge in [0.05, 0.1) is 0 Å². The molecule has 76 valence electrons. The summed E-state index contributed by atoms with van der Waals surface area (Å²) in [6.45, 7) is 2.50. The number of anilines is 1. The van der Waals surface area contributed by atoms with Gasteiger partial charge in [-0.1, -0.05) is 17.7 Å². The van der Waals surface area contributed by atoms with Gasteiger partial charge in [-0.2, -0.15) is 0 Å². The number of carbonyl (C=O) groups excluding carboxylic acids is 1. The number of nitrogens with zero attached hydrogens (tertiary/aromatic N) is 1. The maximum atomic E-state index is 10.3. The number of hydrogen-bond acceptors (Lipinski definition) is 3. The maximum Gasteiger partial charge on any atom is 0.0431 e. The molecule has 1 aromatic rings. The van der Waals surface area contributed by atoms with E-state index in [9.17, 15) is 9.90 Å². The van der Waals surface area contributed by atoms with Gasteiger partial charge in [-0.05, 0) is 19.1 Å². The van der Waals surface area contributed by atoms with E-state index in [-0.39, 0.29) is 6.42 Å². The van der Waals surface area contributed by atoms with Crippen LogP contribution in [0.25, 0.3) is 0 Å². The third kappa shape index (κ3) is 3.09. The van der Waals surface area contributed by atoms with Gasteiger partial charge < -0.3 is 14.8 Å². The highest BCUT2D eigenvalue weighted by Crippen LogP contribution is 2.13. The first-order valence-corrected chi connectivity index (χ1v) is 4.57. The van der Waals surface area contributed by atoms with E-state index in [4.69, 9.17) is 0 Å². The molecule has 0 radical (unpaired) electrons. The maximum absolute atomic E-state index is 10.3. The Bertz CT molecular complexity index is 306. The van der Waals surface area contributed by atoms with Crippen molar-refractivity contribution in [1.29, 1.82) is 0 Å². The molecule has 0 unspecified atom stereocenters. The van der Waals surface area contributed by atoms with E-state index in [2.05, 4.69) is 0 Å². The van der Waals surface area contributed by atoms with Crippen LogP contribution in [-0.4, -0.2) is 19.6 Å². The quantitative estimate of drug-likeness (QED) is 0.700. The smallest absolute Gasteiger partial charge is 0.0431 e. The zero-order valence-electron chi connectivity index (χ0n) is 8.49. The first-order chi connectivity index (χ1) is 6.59. The largest absolute Gasteiger partial charge is 0.550 e. The fraction of sp³-hybridized carbons (Fsp3) is 0.364. The molecule has 0 N–H and O–H groups in total. The van der Waals surface area contributed by atoms with Crippen LogP contribution >= 0.6 is 0 Å². The number of carbonyl (C=O) groups is 1. The summed E-state index contributed by atoms with van der Waals surface area (Å²) in [6.07, 6.45) is 0.0599. The molecule has 0 heterocycles. The highest BCUT2D eigenvalue weighted by Gasteiger charge is 1.99. The molecular formula is C11H14NO2-. The van der Waals surface area contributed by atoms with Gasteiger partial charge in [0.25, 0.3) is 0 Å². The average molecular weight is 192 g/mol. The van der Waals surface area contributed by atoms with Crippen LogP contribution in [-0.2, 0) is 4.79 Å². The molecular weight excluding hydrogens is 178 g/mol. The zero-order valence-corrected chi connectivity index (χ0v) is 8.49. The molecule has 3 heteroatoms. The summed E-state index contributed by atoms with van der Waals surface area (Å²) in [4.78, 5) is 12.1. The van der Waals surface area contributed by atoms with E-state index in [1.165, 1.54) is 5.56 Å². The molecule has 0 saturated carbocycles. The van der Waals surface area contributed by atoms with Crippen molar-refractivity contribution in [3.05, 3.63) is 29.8 Å². The summed E-state index contributed by atoms with van der Waals surface area (Å²) < 4.78 is 0. The second kappa shape index (κ2) is 4.65. The third-order valence-corrected chi connectivity index (χ3v) is 2.13. The highest BCUT2D eigenvalue weighted by atomic mass is 16.4. The monoisotopic (exact) mass is 192 g/mol. The molecule has 0 atom stereocenters. The molecule has 0 bridgehead atoms. The highest BCUT2D eigenvalue weighted by molar-refractivity contribution is 5.65. The van der Waals surface area contributed by atoms with Crippen molar-refractivity contribution in [2.45, 2.75) is 13.3 Å². The standard InChI is InChI=1S/C11H15NO2/c1-9-3-5-10(6-4-9)12(2)8-7-11(13)14/h3-6H,7-8H2,1-2H3,(H,13,14)/p-1. The molecule has 0 amide bonds. The average Bonchev–Trinajstić information content (AvgIpc) is 2.15. The molecule has 1 rings (SSSR count). The lowest BCUT2D eigenvalue weighted by atomic mass is 10.2. The van der Waals surface area contributed by atoms with Crippen LogP contribution in [0.15, 0.2) is 24.3 Å². The van der Waals surface area contributed by atoms with Gasteiger partial charge >= 0.3 is 0 Å². The third-order valence-electron chi connectivity index (χ3n) is 2.13. The van der Waals surface area contributed by atoms with Crippen LogP contribution in [0.3, 0.4) is 0 Å². The molecule has 0 aliphatic heterocycles. The molecule has 0 aromatic heterocycles. The van der Waals surface area contributed by atoms with Crippen LogP contribution < -0.4 is 10.0 Å². The molecule has 14 heavy (non-hydrogen) atoms. The van der Waals surface area contributed by atoms with Gasteiger partial charge in [0.1, 0.15) is 0 Å². The number of benzene rings is 1. The van der Waals surface area contributed by atoms with E-state index in [1.807, 2.05) is 43.1 Å². The van der Waals surface area contributed by atoms with Gasteiger partial charge in [-0.25, -0.2) is 0 Å². The van der Waals surface area contributed by atoms with E-state index >= 15 is 0 Å². The topological polar surface area (TPSA) is 43.4 Å². The lowest BCUT2D eigenvalue weighted by Gasteiger charge is -2.19. The summed E-state index contributed by atoms with van der Waals surface area (Å²) in [7, 11) is 1.87.